The lowest BCUT2D eigenvalue weighted by Crippen LogP contribution is -2.44. The van der Waals surface area contributed by atoms with Crippen LogP contribution in [0, 0.1) is 18.8 Å². The van der Waals surface area contributed by atoms with Gasteiger partial charge in [0, 0.05) is 6.04 Å². The molecule has 1 heterocycles. The Balaban J connectivity index is 1.42. The molecule has 1 aliphatic rings. The summed E-state index contributed by atoms with van der Waals surface area (Å²) in [7, 11) is 0. The molecule has 0 aliphatic heterocycles. The minimum absolute atomic E-state index is 0.0493. The van der Waals surface area contributed by atoms with Crippen LogP contribution < -0.4 is 10.1 Å². The fraction of sp³-hybridized carbons (Fsp3) is 0.550. The Morgan fingerprint density at radius 3 is 2.85 bits per heavy atom. The maximum absolute atomic E-state index is 12.3. The van der Waals surface area contributed by atoms with Crippen molar-refractivity contribution in [3.63, 3.8) is 0 Å². The summed E-state index contributed by atoms with van der Waals surface area (Å²) < 4.78 is 5.69. The monoisotopic (exact) mass is 388 g/mol. The molecule has 146 valence electrons. The van der Waals surface area contributed by atoms with Crippen LogP contribution in [-0.2, 0) is 11.4 Å². The summed E-state index contributed by atoms with van der Waals surface area (Å²) in [4.78, 5) is 16.6. The zero-order valence-corrected chi connectivity index (χ0v) is 17.0. The average Bonchev–Trinajstić information content (AvgIpc) is 3.11. The molecule has 0 radical (unpaired) electrons. The highest BCUT2D eigenvalue weighted by atomic mass is 32.2. The molecule has 3 atom stereocenters. The highest BCUT2D eigenvalue weighted by Gasteiger charge is 2.28. The van der Waals surface area contributed by atoms with E-state index in [1.165, 1.54) is 30.2 Å². The fourth-order valence-corrected chi connectivity index (χ4v) is 3.99. The van der Waals surface area contributed by atoms with Crippen molar-refractivity contribution >= 4 is 17.7 Å². The Morgan fingerprint density at radius 2 is 2.07 bits per heavy atom. The van der Waals surface area contributed by atoms with Gasteiger partial charge >= 0.3 is 0 Å². The largest absolute Gasteiger partial charge is 0.486 e. The van der Waals surface area contributed by atoms with Crippen LogP contribution in [-0.4, -0.2) is 32.9 Å². The van der Waals surface area contributed by atoms with E-state index in [-0.39, 0.29) is 11.9 Å². The predicted molar refractivity (Wildman–Crippen MR) is 107 cm³/mol. The predicted octanol–water partition coefficient (Wildman–Crippen LogP) is 3.73. The number of H-pyrrole nitrogens is 1. The van der Waals surface area contributed by atoms with Crippen molar-refractivity contribution in [2.45, 2.75) is 57.8 Å². The van der Waals surface area contributed by atoms with Gasteiger partial charge in [-0.1, -0.05) is 56.1 Å². The standard InChI is InChI=1S/C20H28N4O2S/c1-13-7-9-16(10-8-13)26-11-18-22-20(24-23-18)27-12-19(25)21-17-6-4-5-14(2)15(17)3/h7-10,14-15,17H,4-6,11-12H2,1-3H3,(H,21,25)(H,22,23,24)/t14-,15-,17+/m0/s1. The highest BCUT2D eigenvalue weighted by molar-refractivity contribution is 7.99. The molecule has 0 spiro atoms. The Kier molecular flexibility index (Phi) is 6.77. The zero-order chi connectivity index (χ0) is 19.2. The Morgan fingerprint density at radius 1 is 1.30 bits per heavy atom. The highest BCUT2D eigenvalue weighted by Crippen LogP contribution is 2.29. The Bertz CT molecular complexity index is 747. The molecule has 0 unspecified atom stereocenters. The first kappa shape index (κ1) is 19.7. The molecule has 2 N–H and O–H groups in total. The number of aryl methyl sites for hydroxylation is 1. The van der Waals surface area contributed by atoms with E-state index in [9.17, 15) is 4.79 Å². The quantitative estimate of drug-likeness (QED) is 0.707. The van der Waals surface area contributed by atoms with E-state index in [0.29, 0.717) is 35.2 Å². The number of amides is 1. The van der Waals surface area contributed by atoms with Crippen molar-refractivity contribution in [3.8, 4) is 5.75 Å². The van der Waals surface area contributed by atoms with E-state index in [2.05, 4.69) is 34.3 Å². The summed E-state index contributed by atoms with van der Waals surface area (Å²) >= 11 is 1.34. The molecule has 1 amide bonds. The SMILES string of the molecule is Cc1ccc(OCc2nc(SCC(=O)N[C@@H]3CCC[C@H](C)[C@@H]3C)n[nH]2)cc1. The molecule has 1 fully saturated rings. The molecule has 3 rings (SSSR count). The molecular formula is C20H28N4O2S. The fourth-order valence-electron chi connectivity index (χ4n) is 3.36. The number of aromatic nitrogens is 3. The second-order valence-corrected chi connectivity index (χ2v) is 8.34. The first-order chi connectivity index (χ1) is 13.0. The number of carbonyl (C=O) groups is 1. The van der Waals surface area contributed by atoms with Crippen LogP contribution in [0.15, 0.2) is 29.4 Å². The molecule has 6 nitrogen and oxygen atoms in total. The van der Waals surface area contributed by atoms with E-state index in [1.807, 2.05) is 31.2 Å². The van der Waals surface area contributed by atoms with Gasteiger partial charge in [0.05, 0.1) is 5.75 Å². The lowest BCUT2D eigenvalue weighted by atomic mass is 9.78. The first-order valence-electron chi connectivity index (χ1n) is 9.54. The van der Waals surface area contributed by atoms with Gasteiger partial charge in [-0.2, -0.15) is 0 Å². The molecule has 0 saturated heterocycles. The minimum Gasteiger partial charge on any atom is -0.486 e. The molecule has 1 aromatic carbocycles. The van der Waals surface area contributed by atoms with Gasteiger partial charge in [0.1, 0.15) is 12.4 Å². The lowest BCUT2D eigenvalue weighted by Gasteiger charge is -2.34. The van der Waals surface area contributed by atoms with Crippen LogP contribution in [0.1, 0.15) is 44.5 Å². The van der Waals surface area contributed by atoms with Gasteiger partial charge in [-0.25, -0.2) is 4.98 Å². The summed E-state index contributed by atoms with van der Waals surface area (Å²) in [6.45, 7) is 6.86. The number of carbonyl (C=O) groups excluding carboxylic acids is 1. The zero-order valence-electron chi connectivity index (χ0n) is 16.2. The number of rotatable bonds is 7. The van der Waals surface area contributed by atoms with Gasteiger partial charge in [-0.05, 0) is 37.3 Å². The molecule has 1 aromatic heterocycles. The van der Waals surface area contributed by atoms with Crippen molar-refractivity contribution in [1.29, 1.82) is 0 Å². The van der Waals surface area contributed by atoms with E-state index >= 15 is 0 Å². The van der Waals surface area contributed by atoms with Crippen molar-refractivity contribution in [2.75, 3.05) is 5.75 Å². The molecule has 0 bridgehead atoms. The van der Waals surface area contributed by atoms with Gasteiger partial charge in [-0.3, -0.25) is 9.89 Å². The van der Waals surface area contributed by atoms with E-state index in [1.54, 1.807) is 0 Å². The first-order valence-corrected chi connectivity index (χ1v) is 10.5. The number of thioether (sulfide) groups is 1. The van der Waals surface area contributed by atoms with Crippen molar-refractivity contribution < 1.29 is 9.53 Å². The molecular weight excluding hydrogens is 360 g/mol. The van der Waals surface area contributed by atoms with Crippen LogP contribution >= 0.6 is 11.8 Å². The smallest absolute Gasteiger partial charge is 0.230 e. The van der Waals surface area contributed by atoms with E-state index in [0.717, 1.165) is 12.2 Å². The van der Waals surface area contributed by atoms with Crippen LogP contribution in [0.4, 0.5) is 0 Å². The number of benzene rings is 1. The summed E-state index contributed by atoms with van der Waals surface area (Å²) in [6, 6.07) is 8.15. The normalized spacial score (nSPS) is 22.4. The third-order valence-electron chi connectivity index (χ3n) is 5.29. The van der Waals surface area contributed by atoms with Crippen LogP contribution in [0.25, 0.3) is 0 Å². The second kappa shape index (κ2) is 9.26. The number of nitrogens with zero attached hydrogens (tertiary/aromatic N) is 2. The molecule has 2 aromatic rings. The number of nitrogens with one attached hydrogen (secondary N) is 2. The van der Waals surface area contributed by atoms with E-state index in [4.69, 9.17) is 4.74 Å². The molecule has 27 heavy (non-hydrogen) atoms. The van der Waals surface area contributed by atoms with Gasteiger partial charge < -0.3 is 10.1 Å². The topological polar surface area (TPSA) is 79.9 Å². The van der Waals surface area contributed by atoms with Gasteiger partial charge in [0.2, 0.25) is 11.1 Å². The number of aromatic amines is 1. The average molecular weight is 389 g/mol. The van der Waals surface area contributed by atoms with Crippen molar-refractivity contribution in [3.05, 3.63) is 35.7 Å². The summed E-state index contributed by atoms with van der Waals surface area (Å²) in [5.74, 6) is 3.01. The second-order valence-electron chi connectivity index (χ2n) is 7.40. The van der Waals surface area contributed by atoms with Gasteiger partial charge in [0.15, 0.2) is 5.82 Å². The third kappa shape index (κ3) is 5.73. The molecule has 1 saturated carbocycles. The maximum atomic E-state index is 12.3. The van der Waals surface area contributed by atoms with Gasteiger partial charge in [0.25, 0.3) is 0 Å². The number of hydrogen-bond donors (Lipinski definition) is 2. The lowest BCUT2D eigenvalue weighted by molar-refractivity contribution is -0.120. The van der Waals surface area contributed by atoms with E-state index < -0.39 is 0 Å². The minimum atomic E-state index is 0.0493. The number of hydrogen-bond acceptors (Lipinski definition) is 5. The Hall–Kier alpha value is -2.02. The van der Waals surface area contributed by atoms with Crippen LogP contribution in [0.3, 0.4) is 0 Å². The third-order valence-corrected chi connectivity index (χ3v) is 6.14. The molecule has 1 aliphatic carbocycles. The van der Waals surface area contributed by atoms with Crippen LogP contribution in [0.2, 0.25) is 0 Å². The number of ether oxygens (including phenoxy) is 1. The summed E-state index contributed by atoms with van der Waals surface area (Å²) in [5.41, 5.74) is 1.19. The van der Waals surface area contributed by atoms with Crippen LogP contribution in [0.5, 0.6) is 5.75 Å². The van der Waals surface area contributed by atoms with Crippen molar-refractivity contribution in [2.24, 2.45) is 11.8 Å². The maximum Gasteiger partial charge on any atom is 0.230 e. The summed E-state index contributed by atoms with van der Waals surface area (Å²) in [5, 5.41) is 10.8. The Labute approximate surface area is 164 Å². The van der Waals surface area contributed by atoms with Crippen molar-refractivity contribution in [1.82, 2.24) is 20.5 Å². The summed E-state index contributed by atoms with van der Waals surface area (Å²) in [6.07, 6.45) is 3.52. The van der Waals surface area contributed by atoms with Gasteiger partial charge in [-0.15, -0.1) is 5.10 Å². The molecule has 7 heteroatoms.